The molecule has 0 fully saturated rings. The van der Waals surface area contributed by atoms with Gasteiger partial charge in [0, 0.05) is 25.8 Å². The molecule has 8 heteroatoms. The molecule has 0 radical (unpaired) electrons. The molecular formula is C14H17ClO6S. The molecule has 122 valence electrons. The van der Waals surface area contributed by atoms with Crippen LogP contribution in [-0.2, 0) is 19.4 Å². The Morgan fingerprint density at radius 2 is 1.73 bits per heavy atom. The fraction of sp³-hybridized carbons (Fsp3) is 0.429. The van der Waals surface area contributed by atoms with E-state index in [2.05, 4.69) is 0 Å². The minimum absolute atomic E-state index is 0.0688. The minimum atomic E-state index is -3.69. The van der Waals surface area contributed by atoms with Crippen LogP contribution in [0.2, 0.25) is 0 Å². The van der Waals surface area contributed by atoms with Crippen LogP contribution in [0.5, 0.6) is 11.5 Å². The highest BCUT2D eigenvalue weighted by Crippen LogP contribution is 2.30. The number of carbonyl (C=O) groups is 2. The average Bonchev–Trinajstić information content (AvgIpc) is 2.39. The molecule has 0 bridgehead atoms. The second-order valence-corrected chi connectivity index (χ2v) is 6.97. The Balaban J connectivity index is 3.20. The molecule has 0 atom stereocenters. The van der Waals surface area contributed by atoms with Crippen molar-refractivity contribution in [3.05, 3.63) is 18.2 Å². The van der Waals surface area contributed by atoms with E-state index in [9.17, 15) is 18.0 Å². The van der Waals surface area contributed by atoms with E-state index in [1.54, 1.807) is 0 Å². The Labute approximate surface area is 134 Å². The molecule has 0 N–H and O–H groups in total. The van der Waals surface area contributed by atoms with Crippen LogP contribution in [0, 0.1) is 0 Å². The summed E-state index contributed by atoms with van der Waals surface area (Å²) >= 11 is 5.54. The first-order chi connectivity index (χ1) is 10.3. The molecule has 0 aliphatic heterocycles. The van der Waals surface area contributed by atoms with Gasteiger partial charge in [0.05, 0.1) is 5.75 Å². The highest BCUT2D eigenvalue weighted by atomic mass is 35.5. The third-order valence-corrected chi connectivity index (χ3v) is 4.64. The first kappa shape index (κ1) is 18.4. The first-order valence-corrected chi connectivity index (χ1v) is 8.74. The molecule has 0 heterocycles. The van der Waals surface area contributed by atoms with Crippen molar-refractivity contribution in [1.29, 1.82) is 0 Å². The van der Waals surface area contributed by atoms with Gasteiger partial charge in [-0.15, -0.1) is 11.6 Å². The van der Waals surface area contributed by atoms with Crippen molar-refractivity contribution >= 4 is 33.4 Å². The zero-order valence-corrected chi connectivity index (χ0v) is 13.9. The number of sulfone groups is 1. The quantitative estimate of drug-likeness (QED) is 0.325. The number of carbonyl (C=O) groups excluding carboxylic acids is 2. The Kier molecular flexibility index (Phi) is 6.83. The van der Waals surface area contributed by atoms with Crippen molar-refractivity contribution < 1.29 is 27.5 Å². The molecule has 0 aromatic heterocycles. The van der Waals surface area contributed by atoms with E-state index in [1.807, 2.05) is 0 Å². The standard InChI is InChI=1S/C14H17ClO6S/c1-10(16)20-12-5-6-13(21-11(2)17)14(9-12)22(18,19)8-4-3-7-15/h5-6,9H,3-4,7-8H2,1-2H3. The van der Waals surface area contributed by atoms with Crippen molar-refractivity contribution in [1.82, 2.24) is 0 Å². The van der Waals surface area contributed by atoms with Gasteiger partial charge in [0.25, 0.3) is 0 Å². The van der Waals surface area contributed by atoms with Gasteiger partial charge in [-0.1, -0.05) is 0 Å². The van der Waals surface area contributed by atoms with Gasteiger partial charge in [-0.2, -0.15) is 0 Å². The third-order valence-electron chi connectivity index (χ3n) is 2.56. The van der Waals surface area contributed by atoms with E-state index in [-0.39, 0.29) is 22.1 Å². The average molecular weight is 349 g/mol. The summed E-state index contributed by atoms with van der Waals surface area (Å²) in [5, 5.41) is 0. The molecule has 0 amide bonds. The minimum Gasteiger partial charge on any atom is -0.427 e. The van der Waals surface area contributed by atoms with Crippen LogP contribution in [0.4, 0.5) is 0 Å². The smallest absolute Gasteiger partial charge is 0.308 e. The Morgan fingerprint density at radius 1 is 1.09 bits per heavy atom. The molecule has 6 nitrogen and oxygen atoms in total. The van der Waals surface area contributed by atoms with Crippen molar-refractivity contribution in [3.8, 4) is 11.5 Å². The number of rotatable bonds is 7. The molecule has 1 aromatic rings. The molecule has 1 aromatic carbocycles. The maximum atomic E-state index is 12.4. The number of hydrogen-bond donors (Lipinski definition) is 0. The van der Waals surface area contributed by atoms with Crippen LogP contribution in [0.3, 0.4) is 0 Å². The second-order valence-electron chi connectivity index (χ2n) is 4.51. The summed E-state index contributed by atoms with van der Waals surface area (Å²) < 4.78 is 34.5. The normalized spacial score (nSPS) is 11.0. The van der Waals surface area contributed by atoms with E-state index >= 15 is 0 Å². The van der Waals surface area contributed by atoms with Gasteiger partial charge >= 0.3 is 11.9 Å². The molecule has 0 saturated carbocycles. The number of alkyl halides is 1. The summed E-state index contributed by atoms with van der Waals surface area (Å²) in [6.07, 6.45) is 0.927. The maximum absolute atomic E-state index is 12.4. The van der Waals surface area contributed by atoms with Crippen molar-refractivity contribution in [3.63, 3.8) is 0 Å². The van der Waals surface area contributed by atoms with E-state index < -0.39 is 21.8 Å². The van der Waals surface area contributed by atoms with Gasteiger partial charge < -0.3 is 9.47 Å². The van der Waals surface area contributed by atoms with Crippen molar-refractivity contribution in [2.75, 3.05) is 11.6 Å². The fourth-order valence-electron chi connectivity index (χ4n) is 1.70. The lowest BCUT2D eigenvalue weighted by Gasteiger charge is -2.11. The van der Waals surface area contributed by atoms with Crippen LogP contribution in [0.1, 0.15) is 26.7 Å². The molecule has 0 aliphatic carbocycles. The molecule has 0 unspecified atom stereocenters. The zero-order chi connectivity index (χ0) is 16.8. The summed E-state index contributed by atoms with van der Waals surface area (Å²) in [7, 11) is -3.69. The van der Waals surface area contributed by atoms with E-state index in [0.29, 0.717) is 18.7 Å². The van der Waals surface area contributed by atoms with Gasteiger partial charge in [-0.05, 0) is 25.0 Å². The topological polar surface area (TPSA) is 86.7 Å². The van der Waals surface area contributed by atoms with Crippen LogP contribution >= 0.6 is 11.6 Å². The Hall–Kier alpha value is -1.60. The van der Waals surface area contributed by atoms with Gasteiger partial charge in [-0.25, -0.2) is 8.42 Å². The van der Waals surface area contributed by atoms with Crippen LogP contribution < -0.4 is 9.47 Å². The molecule has 0 spiro atoms. The Morgan fingerprint density at radius 3 is 2.27 bits per heavy atom. The zero-order valence-electron chi connectivity index (χ0n) is 12.3. The molecule has 0 saturated heterocycles. The van der Waals surface area contributed by atoms with Crippen molar-refractivity contribution in [2.45, 2.75) is 31.6 Å². The number of ether oxygens (including phenoxy) is 2. The summed E-state index contributed by atoms with van der Waals surface area (Å²) in [5.41, 5.74) is 0. The SMILES string of the molecule is CC(=O)Oc1ccc(OC(C)=O)c(S(=O)(=O)CCCCCl)c1. The Bertz CT molecular complexity index is 653. The van der Waals surface area contributed by atoms with Crippen LogP contribution in [0.15, 0.2) is 23.1 Å². The van der Waals surface area contributed by atoms with E-state index in [1.165, 1.54) is 32.0 Å². The fourth-order valence-corrected chi connectivity index (χ4v) is 3.40. The molecule has 0 aliphatic rings. The van der Waals surface area contributed by atoms with Crippen LogP contribution in [0.25, 0.3) is 0 Å². The summed E-state index contributed by atoms with van der Waals surface area (Å²) in [6.45, 7) is 2.37. The molecular weight excluding hydrogens is 332 g/mol. The monoisotopic (exact) mass is 348 g/mol. The lowest BCUT2D eigenvalue weighted by atomic mass is 10.3. The molecule has 22 heavy (non-hydrogen) atoms. The third kappa shape index (κ3) is 5.65. The molecule has 1 rings (SSSR count). The van der Waals surface area contributed by atoms with E-state index in [4.69, 9.17) is 21.1 Å². The number of halogens is 1. The highest BCUT2D eigenvalue weighted by molar-refractivity contribution is 7.91. The summed E-state index contributed by atoms with van der Waals surface area (Å²) in [6, 6.07) is 3.82. The number of hydrogen-bond acceptors (Lipinski definition) is 6. The maximum Gasteiger partial charge on any atom is 0.308 e. The van der Waals surface area contributed by atoms with Crippen LogP contribution in [-0.4, -0.2) is 32.0 Å². The summed E-state index contributed by atoms with van der Waals surface area (Å²) in [4.78, 5) is 21.9. The number of benzene rings is 1. The van der Waals surface area contributed by atoms with Gasteiger partial charge in [-0.3, -0.25) is 9.59 Å². The second kappa shape index (κ2) is 8.14. The van der Waals surface area contributed by atoms with Crippen molar-refractivity contribution in [2.24, 2.45) is 0 Å². The predicted octanol–water partition coefficient (Wildman–Crippen LogP) is 2.33. The van der Waals surface area contributed by atoms with Gasteiger partial charge in [0.2, 0.25) is 0 Å². The predicted molar refractivity (Wildman–Crippen MR) is 81.1 cm³/mol. The lowest BCUT2D eigenvalue weighted by molar-refractivity contribution is -0.133. The summed E-state index contributed by atoms with van der Waals surface area (Å²) in [5.74, 6) is -1.02. The first-order valence-electron chi connectivity index (χ1n) is 6.56. The highest BCUT2D eigenvalue weighted by Gasteiger charge is 2.22. The largest absolute Gasteiger partial charge is 0.427 e. The number of esters is 2. The number of unbranched alkanes of at least 4 members (excludes halogenated alkanes) is 1. The lowest BCUT2D eigenvalue weighted by Crippen LogP contribution is -2.12. The van der Waals surface area contributed by atoms with Gasteiger partial charge in [0.1, 0.15) is 16.4 Å². The van der Waals surface area contributed by atoms with E-state index in [0.717, 1.165) is 0 Å². The van der Waals surface area contributed by atoms with Gasteiger partial charge in [0.15, 0.2) is 9.84 Å².